The summed E-state index contributed by atoms with van der Waals surface area (Å²) >= 11 is 0. The number of tetrazole rings is 1. The lowest BCUT2D eigenvalue weighted by atomic mass is 9.92. The van der Waals surface area contributed by atoms with Gasteiger partial charge in [-0.3, -0.25) is 0 Å². The monoisotopic (exact) mass is 210 g/mol. The largest absolute Gasteiger partial charge is 0.180 e. The summed E-state index contributed by atoms with van der Waals surface area (Å²) in [6, 6.07) is 0. The summed E-state index contributed by atoms with van der Waals surface area (Å²) in [5, 5.41) is 12.5. The molecule has 0 unspecified atom stereocenters. The number of nitrogens with zero attached hydrogens (tertiary/aromatic N) is 4. The maximum atomic E-state index is 4.38. The van der Waals surface area contributed by atoms with E-state index in [1.807, 2.05) is 0 Å². The van der Waals surface area contributed by atoms with Gasteiger partial charge < -0.3 is 0 Å². The molecule has 15 heavy (non-hydrogen) atoms. The van der Waals surface area contributed by atoms with Crippen LogP contribution >= 0.6 is 0 Å². The lowest BCUT2D eigenvalue weighted by Crippen LogP contribution is -2.15. The Labute approximate surface area is 92.1 Å². The average Bonchev–Trinajstić information content (AvgIpc) is 2.45. The van der Waals surface area contributed by atoms with E-state index in [1.54, 1.807) is 4.80 Å². The fourth-order valence-corrected chi connectivity index (χ4v) is 1.07. The summed E-state index contributed by atoms with van der Waals surface area (Å²) in [7, 11) is 0. The Morgan fingerprint density at radius 3 is 2.07 bits per heavy atom. The topological polar surface area (TPSA) is 43.6 Å². The van der Waals surface area contributed by atoms with Gasteiger partial charge in [-0.1, -0.05) is 41.5 Å². The third-order valence-electron chi connectivity index (χ3n) is 2.19. The van der Waals surface area contributed by atoms with Crippen LogP contribution in [0.15, 0.2) is 0 Å². The van der Waals surface area contributed by atoms with E-state index in [0.717, 1.165) is 18.8 Å². The van der Waals surface area contributed by atoms with Gasteiger partial charge in [0.05, 0.1) is 6.54 Å². The first kappa shape index (κ1) is 12.1. The molecular weight excluding hydrogens is 188 g/mol. The van der Waals surface area contributed by atoms with Gasteiger partial charge in [0.1, 0.15) is 0 Å². The fourth-order valence-electron chi connectivity index (χ4n) is 1.07. The number of hydrogen-bond donors (Lipinski definition) is 0. The highest BCUT2D eigenvalue weighted by molar-refractivity contribution is 4.95. The summed E-state index contributed by atoms with van der Waals surface area (Å²) in [4.78, 5) is 1.70. The van der Waals surface area contributed by atoms with Crippen molar-refractivity contribution in [1.82, 2.24) is 20.2 Å². The van der Waals surface area contributed by atoms with Crippen molar-refractivity contribution in [3.05, 3.63) is 5.82 Å². The van der Waals surface area contributed by atoms with Crippen molar-refractivity contribution in [2.75, 3.05) is 0 Å². The smallest absolute Gasteiger partial charge is 0.164 e. The molecule has 0 atom stereocenters. The Hall–Kier alpha value is -0.930. The molecule has 1 heterocycles. The summed E-state index contributed by atoms with van der Waals surface area (Å²) in [5.41, 5.74) is 0.301. The third-order valence-corrected chi connectivity index (χ3v) is 2.19. The minimum atomic E-state index is -0.0139. The van der Waals surface area contributed by atoms with E-state index in [2.05, 4.69) is 57.0 Å². The highest BCUT2D eigenvalue weighted by atomic mass is 15.6. The Morgan fingerprint density at radius 2 is 1.67 bits per heavy atom. The minimum absolute atomic E-state index is 0.0139. The van der Waals surface area contributed by atoms with Crippen molar-refractivity contribution in [2.24, 2.45) is 5.41 Å². The van der Waals surface area contributed by atoms with Gasteiger partial charge in [-0.25, -0.2) is 0 Å². The van der Waals surface area contributed by atoms with Crippen molar-refractivity contribution < 1.29 is 0 Å². The Morgan fingerprint density at radius 1 is 1.07 bits per heavy atom. The van der Waals surface area contributed by atoms with Gasteiger partial charge in [0.2, 0.25) is 0 Å². The van der Waals surface area contributed by atoms with Crippen LogP contribution < -0.4 is 0 Å². The third kappa shape index (κ3) is 3.98. The first-order valence-electron chi connectivity index (χ1n) is 5.47. The van der Waals surface area contributed by atoms with Gasteiger partial charge in [0.25, 0.3) is 0 Å². The standard InChI is InChI=1S/C11H22N4/c1-10(2,3)7-8-15-13-9(12-14-15)11(4,5)6/h7-8H2,1-6H3. The Bertz CT molecular complexity index is 314. The number of rotatable bonds is 2. The first-order valence-corrected chi connectivity index (χ1v) is 5.47. The molecular formula is C11H22N4. The van der Waals surface area contributed by atoms with Crippen LogP contribution in [0.4, 0.5) is 0 Å². The summed E-state index contributed by atoms with van der Waals surface area (Å²) in [6.07, 6.45) is 1.06. The van der Waals surface area contributed by atoms with Crippen LogP contribution in [-0.2, 0) is 12.0 Å². The SMILES string of the molecule is CC(C)(C)CCn1nnc(C(C)(C)C)n1. The molecule has 1 rings (SSSR count). The molecule has 86 valence electrons. The van der Waals surface area contributed by atoms with Gasteiger partial charge in [0.15, 0.2) is 5.82 Å². The second kappa shape index (κ2) is 3.91. The zero-order valence-corrected chi connectivity index (χ0v) is 10.7. The van der Waals surface area contributed by atoms with E-state index in [4.69, 9.17) is 0 Å². The zero-order chi connectivity index (χ0) is 11.7. The second-order valence-electron chi connectivity index (χ2n) is 6.27. The maximum absolute atomic E-state index is 4.38. The van der Waals surface area contributed by atoms with E-state index >= 15 is 0 Å². The maximum Gasteiger partial charge on any atom is 0.180 e. The molecule has 0 amide bonds. The van der Waals surface area contributed by atoms with Crippen LogP contribution in [-0.4, -0.2) is 20.2 Å². The van der Waals surface area contributed by atoms with Gasteiger partial charge >= 0.3 is 0 Å². The van der Waals surface area contributed by atoms with E-state index in [0.29, 0.717) is 5.41 Å². The van der Waals surface area contributed by atoms with Crippen LogP contribution in [0.1, 0.15) is 53.8 Å². The quantitative estimate of drug-likeness (QED) is 0.753. The number of aryl methyl sites for hydroxylation is 1. The predicted octanol–water partition coefficient (Wildman–Crippen LogP) is 2.41. The van der Waals surface area contributed by atoms with Crippen molar-refractivity contribution in [3.63, 3.8) is 0 Å². The average molecular weight is 210 g/mol. The number of aromatic nitrogens is 4. The van der Waals surface area contributed by atoms with Gasteiger partial charge in [0, 0.05) is 5.41 Å². The molecule has 0 bridgehead atoms. The molecule has 0 spiro atoms. The minimum Gasteiger partial charge on any atom is -0.164 e. The first-order chi connectivity index (χ1) is 6.68. The zero-order valence-electron chi connectivity index (χ0n) is 10.7. The lowest BCUT2D eigenvalue weighted by molar-refractivity contribution is 0.325. The predicted molar refractivity (Wildman–Crippen MR) is 60.6 cm³/mol. The highest BCUT2D eigenvalue weighted by Crippen LogP contribution is 2.20. The Balaban J connectivity index is 2.62. The molecule has 0 saturated heterocycles. The van der Waals surface area contributed by atoms with Crippen molar-refractivity contribution in [3.8, 4) is 0 Å². The van der Waals surface area contributed by atoms with E-state index < -0.39 is 0 Å². The Kier molecular flexibility index (Phi) is 3.16. The van der Waals surface area contributed by atoms with Crippen molar-refractivity contribution in [1.29, 1.82) is 0 Å². The van der Waals surface area contributed by atoms with Crippen LogP contribution in [0.5, 0.6) is 0 Å². The van der Waals surface area contributed by atoms with Crippen LogP contribution in [0, 0.1) is 5.41 Å². The molecule has 0 aliphatic heterocycles. The summed E-state index contributed by atoms with van der Waals surface area (Å²) < 4.78 is 0. The molecule has 4 nitrogen and oxygen atoms in total. The van der Waals surface area contributed by atoms with Crippen LogP contribution in [0.3, 0.4) is 0 Å². The second-order valence-corrected chi connectivity index (χ2v) is 6.27. The fraction of sp³-hybridized carbons (Fsp3) is 0.909. The van der Waals surface area contributed by atoms with E-state index in [1.165, 1.54) is 0 Å². The number of hydrogen-bond acceptors (Lipinski definition) is 3. The van der Waals surface area contributed by atoms with E-state index in [-0.39, 0.29) is 5.41 Å². The highest BCUT2D eigenvalue weighted by Gasteiger charge is 2.20. The molecule has 4 heteroatoms. The van der Waals surface area contributed by atoms with Gasteiger partial charge in [-0.15, -0.1) is 10.2 Å². The molecule has 0 aliphatic carbocycles. The van der Waals surface area contributed by atoms with Crippen LogP contribution in [0.2, 0.25) is 0 Å². The molecule has 0 radical (unpaired) electrons. The summed E-state index contributed by atoms with van der Waals surface area (Å²) in [5.74, 6) is 0.816. The van der Waals surface area contributed by atoms with E-state index in [9.17, 15) is 0 Å². The molecule has 0 saturated carbocycles. The van der Waals surface area contributed by atoms with Gasteiger partial charge in [-0.05, 0) is 17.0 Å². The van der Waals surface area contributed by atoms with Crippen molar-refractivity contribution in [2.45, 2.75) is 59.9 Å². The molecule has 0 aliphatic rings. The molecule has 1 aromatic rings. The lowest BCUT2D eigenvalue weighted by Gasteiger charge is -2.16. The van der Waals surface area contributed by atoms with Crippen molar-refractivity contribution >= 4 is 0 Å². The molecule has 0 fully saturated rings. The normalized spacial score (nSPS) is 13.2. The summed E-state index contributed by atoms with van der Waals surface area (Å²) in [6.45, 7) is 13.8. The van der Waals surface area contributed by atoms with Gasteiger partial charge in [-0.2, -0.15) is 4.80 Å². The van der Waals surface area contributed by atoms with Crippen LogP contribution in [0.25, 0.3) is 0 Å². The molecule has 0 aromatic carbocycles. The molecule has 1 aromatic heterocycles. The molecule has 0 N–H and O–H groups in total.